The van der Waals surface area contributed by atoms with E-state index in [0.717, 1.165) is 38.7 Å². The molecular formula is C25H20ClN5. The van der Waals surface area contributed by atoms with Gasteiger partial charge in [0.2, 0.25) is 5.95 Å². The molecule has 0 saturated heterocycles. The summed E-state index contributed by atoms with van der Waals surface area (Å²) in [7, 11) is 0. The summed E-state index contributed by atoms with van der Waals surface area (Å²) in [4.78, 5) is 8.85. The molecule has 0 saturated carbocycles. The summed E-state index contributed by atoms with van der Waals surface area (Å²) in [5.41, 5.74) is 6.93. The van der Waals surface area contributed by atoms with Crippen LogP contribution in [0.25, 0.3) is 11.1 Å². The van der Waals surface area contributed by atoms with Gasteiger partial charge in [-0.25, -0.2) is 4.98 Å². The van der Waals surface area contributed by atoms with Gasteiger partial charge in [-0.1, -0.05) is 23.7 Å². The molecule has 0 atom stereocenters. The normalized spacial score (nSPS) is 10.4. The molecule has 1 aromatic heterocycles. The molecule has 4 rings (SSSR count). The molecule has 4 aromatic rings. The summed E-state index contributed by atoms with van der Waals surface area (Å²) < 4.78 is 0. The number of anilines is 4. The minimum atomic E-state index is 0.475. The first-order chi connectivity index (χ1) is 15.0. The molecule has 0 aliphatic carbocycles. The van der Waals surface area contributed by atoms with Gasteiger partial charge in [-0.05, 0) is 90.7 Å². The fourth-order valence-electron chi connectivity index (χ4n) is 3.34. The van der Waals surface area contributed by atoms with Gasteiger partial charge in [0.05, 0.1) is 11.6 Å². The van der Waals surface area contributed by atoms with Crippen molar-refractivity contribution in [3.05, 3.63) is 94.6 Å². The van der Waals surface area contributed by atoms with E-state index in [0.29, 0.717) is 17.3 Å². The molecule has 6 heteroatoms. The Labute approximate surface area is 186 Å². The Kier molecular flexibility index (Phi) is 5.83. The van der Waals surface area contributed by atoms with Crippen molar-refractivity contribution in [2.24, 2.45) is 0 Å². The highest BCUT2D eigenvalue weighted by Gasteiger charge is 2.09. The van der Waals surface area contributed by atoms with E-state index in [2.05, 4.69) is 52.7 Å². The molecule has 3 aromatic carbocycles. The van der Waals surface area contributed by atoms with E-state index in [4.69, 9.17) is 16.9 Å². The van der Waals surface area contributed by atoms with Gasteiger partial charge < -0.3 is 10.6 Å². The third kappa shape index (κ3) is 4.82. The number of rotatable bonds is 5. The number of aromatic nitrogens is 2. The second-order valence-electron chi connectivity index (χ2n) is 7.20. The minimum absolute atomic E-state index is 0.475. The lowest BCUT2D eigenvalue weighted by Gasteiger charge is -2.15. The maximum absolute atomic E-state index is 8.92. The third-order valence-electron chi connectivity index (χ3n) is 4.89. The van der Waals surface area contributed by atoms with E-state index >= 15 is 0 Å². The number of benzene rings is 3. The molecule has 0 spiro atoms. The van der Waals surface area contributed by atoms with Gasteiger partial charge in [0.15, 0.2) is 0 Å². The Hall–Kier alpha value is -3.88. The van der Waals surface area contributed by atoms with Gasteiger partial charge in [0.1, 0.15) is 5.82 Å². The maximum Gasteiger partial charge on any atom is 0.229 e. The summed E-state index contributed by atoms with van der Waals surface area (Å²) >= 11 is 6.01. The number of hydrogen-bond acceptors (Lipinski definition) is 5. The van der Waals surface area contributed by atoms with E-state index in [1.165, 1.54) is 0 Å². The highest BCUT2D eigenvalue weighted by molar-refractivity contribution is 6.30. The number of hydrogen-bond donors (Lipinski definition) is 2. The van der Waals surface area contributed by atoms with E-state index in [9.17, 15) is 0 Å². The number of halogens is 1. The van der Waals surface area contributed by atoms with Gasteiger partial charge in [-0.3, -0.25) is 0 Å². The summed E-state index contributed by atoms with van der Waals surface area (Å²) in [6.07, 6.45) is 1.70. The fourth-order valence-corrected chi connectivity index (χ4v) is 3.47. The average Bonchev–Trinajstić information content (AvgIpc) is 2.77. The van der Waals surface area contributed by atoms with Crippen LogP contribution in [0.4, 0.5) is 23.1 Å². The predicted octanol–water partition coefficient (Wildman–Crippen LogP) is 6.77. The second-order valence-corrected chi connectivity index (χ2v) is 7.63. The fraction of sp³-hybridized carbons (Fsp3) is 0.0800. The topological polar surface area (TPSA) is 73.6 Å². The first-order valence-electron chi connectivity index (χ1n) is 9.76. The lowest BCUT2D eigenvalue weighted by Crippen LogP contribution is -2.02. The first kappa shape index (κ1) is 20.4. The zero-order valence-corrected chi connectivity index (χ0v) is 17.9. The lowest BCUT2D eigenvalue weighted by molar-refractivity contribution is 1.16. The standard InChI is InChI=1S/C25H20ClN5/c1-16-13-20(19-5-7-21(26)8-6-19)14-17(2)24(16)30-23-11-12-28-25(31-23)29-22-9-3-18(15-27)4-10-22/h3-14H,1-2H3,(H2,28,29,30,31). The summed E-state index contributed by atoms with van der Waals surface area (Å²) in [5, 5.41) is 16.2. The smallest absolute Gasteiger partial charge is 0.229 e. The van der Waals surface area contributed by atoms with Crippen LogP contribution in [0.2, 0.25) is 5.02 Å². The molecule has 0 bridgehead atoms. The molecule has 0 fully saturated rings. The molecule has 31 heavy (non-hydrogen) atoms. The van der Waals surface area contributed by atoms with Crippen LogP contribution >= 0.6 is 11.6 Å². The third-order valence-corrected chi connectivity index (χ3v) is 5.14. The Bertz CT molecular complexity index is 1240. The van der Waals surface area contributed by atoms with Gasteiger partial charge in [-0.2, -0.15) is 10.2 Å². The lowest BCUT2D eigenvalue weighted by atomic mass is 9.99. The van der Waals surface area contributed by atoms with Crippen molar-refractivity contribution in [2.45, 2.75) is 13.8 Å². The monoisotopic (exact) mass is 425 g/mol. The predicted molar refractivity (Wildman–Crippen MR) is 126 cm³/mol. The van der Waals surface area contributed by atoms with Gasteiger partial charge in [0.25, 0.3) is 0 Å². The SMILES string of the molecule is Cc1cc(-c2ccc(Cl)cc2)cc(C)c1Nc1ccnc(Nc2ccc(C#N)cc2)n1. The first-order valence-corrected chi connectivity index (χ1v) is 10.1. The van der Waals surface area contributed by atoms with Gasteiger partial charge >= 0.3 is 0 Å². The number of nitriles is 1. The molecule has 0 radical (unpaired) electrons. The maximum atomic E-state index is 8.92. The van der Waals surface area contributed by atoms with Crippen molar-refractivity contribution >= 4 is 34.7 Å². The molecule has 5 nitrogen and oxygen atoms in total. The van der Waals surface area contributed by atoms with E-state index < -0.39 is 0 Å². The van der Waals surface area contributed by atoms with Crippen LogP contribution in [0, 0.1) is 25.2 Å². The molecule has 0 unspecified atom stereocenters. The van der Waals surface area contributed by atoms with Crippen molar-refractivity contribution < 1.29 is 0 Å². The Morgan fingerprint density at radius 3 is 2.16 bits per heavy atom. The van der Waals surface area contributed by atoms with Crippen LogP contribution in [0.3, 0.4) is 0 Å². The Morgan fingerprint density at radius 2 is 1.52 bits per heavy atom. The van der Waals surface area contributed by atoms with E-state index in [1.54, 1.807) is 18.3 Å². The Morgan fingerprint density at radius 1 is 0.839 bits per heavy atom. The van der Waals surface area contributed by atoms with Crippen molar-refractivity contribution in [1.29, 1.82) is 5.26 Å². The minimum Gasteiger partial charge on any atom is -0.340 e. The summed E-state index contributed by atoms with van der Waals surface area (Å²) in [6, 6.07) is 23.2. The van der Waals surface area contributed by atoms with Crippen LogP contribution in [0.1, 0.15) is 16.7 Å². The molecule has 2 N–H and O–H groups in total. The van der Waals surface area contributed by atoms with Crippen molar-refractivity contribution in [2.75, 3.05) is 10.6 Å². The van der Waals surface area contributed by atoms with Crippen LogP contribution < -0.4 is 10.6 Å². The zero-order chi connectivity index (χ0) is 21.8. The Balaban J connectivity index is 1.55. The highest BCUT2D eigenvalue weighted by Crippen LogP contribution is 2.31. The number of nitrogens with one attached hydrogen (secondary N) is 2. The van der Waals surface area contributed by atoms with Crippen molar-refractivity contribution in [1.82, 2.24) is 9.97 Å². The number of nitrogens with zero attached hydrogens (tertiary/aromatic N) is 3. The average molecular weight is 426 g/mol. The van der Waals surface area contributed by atoms with Crippen molar-refractivity contribution in [3.8, 4) is 17.2 Å². The summed E-state index contributed by atoms with van der Waals surface area (Å²) in [6.45, 7) is 4.15. The highest BCUT2D eigenvalue weighted by atomic mass is 35.5. The molecule has 1 heterocycles. The quantitative estimate of drug-likeness (QED) is 0.369. The zero-order valence-electron chi connectivity index (χ0n) is 17.1. The molecule has 0 aliphatic heterocycles. The van der Waals surface area contributed by atoms with Crippen molar-refractivity contribution in [3.63, 3.8) is 0 Å². The van der Waals surface area contributed by atoms with E-state index in [-0.39, 0.29) is 0 Å². The van der Waals surface area contributed by atoms with E-state index in [1.807, 2.05) is 42.5 Å². The molecule has 0 amide bonds. The molecular weight excluding hydrogens is 406 g/mol. The largest absolute Gasteiger partial charge is 0.340 e. The second kappa shape index (κ2) is 8.86. The molecule has 0 aliphatic rings. The number of aryl methyl sites for hydroxylation is 2. The van der Waals surface area contributed by atoms with Crippen LogP contribution in [-0.2, 0) is 0 Å². The van der Waals surface area contributed by atoms with Crippen LogP contribution in [0.15, 0.2) is 72.9 Å². The summed E-state index contributed by atoms with van der Waals surface area (Å²) in [5.74, 6) is 1.17. The van der Waals surface area contributed by atoms with Crippen LogP contribution in [-0.4, -0.2) is 9.97 Å². The van der Waals surface area contributed by atoms with Gasteiger partial charge in [0, 0.05) is 22.6 Å². The van der Waals surface area contributed by atoms with Gasteiger partial charge in [-0.15, -0.1) is 0 Å². The molecule has 152 valence electrons. The van der Waals surface area contributed by atoms with Crippen LogP contribution in [0.5, 0.6) is 0 Å².